The molecule has 0 aromatic heterocycles. The lowest BCUT2D eigenvalue weighted by molar-refractivity contribution is -0.157. The van der Waals surface area contributed by atoms with Crippen molar-refractivity contribution in [2.75, 3.05) is 0 Å². The van der Waals surface area contributed by atoms with Gasteiger partial charge in [-0.3, -0.25) is 4.79 Å². The highest BCUT2D eigenvalue weighted by molar-refractivity contribution is 6.55. The molecular weight excluding hydrogens is 247 g/mol. The summed E-state index contributed by atoms with van der Waals surface area (Å²) in [5.41, 5.74) is -0.563. The first-order valence-corrected chi connectivity index (χ1v) is 6.07. The van der Waals surface area contributed by atoms with Gasteiger partial charge in [0.15, 0.2) is 0 Å². The Kier molecular flexibility index (Phi) is 3.66. The highest BCUT2D eigenvalue weighted by Gasteiger charge is 2.62. The van der Waals surface area contributed by atoms with Crippen LogP contribution in [-0.4, -0.2) is 11.6 Å². The fourth-order valence-electron chi connectivity index (χ4n) is 1.94. The van der Waals surface area contributed by atoms with Gasteiger partial charge in [-0.25, -0.2) is 0 Å². The van der Waals surface area contributed by atoms with Crippen molar-refractivity contribution in [3.8, 4) is 0 Å². The Morgan fingerprint density at radius 1 is 1.31 bits per heavy atom. The number of halogens is 2. The van der Waals surface area contributed by atoms with Crippen LogP contribution in [0.4, 0.5) is 0 Å². The Morgan fingerprint density at radius 2 is 1.81 bits per heavy atom. The van der Waals surface area contributed by atoms with E-state index >= 15 is 0 Å². The van der Waals surface area contributed by atoms with E-state index in [1.54, 1.807) is 6.08 Å². The molecule has 2 atom stereocenters. The van der Waals surface area contributed by atoms with Crippen molar-refractivity contribution in [2.45, 2.75) is 40.2 Å². The molecule has 16 heavy (non-hydrogen) atoms. The third-order valence-electron chi connectivity index (χ3n) is 2.88. The molecule has 0 aromatic carbocycles. The minimum absolute atomic E-state index is 0.0762. The molecule has 1 aliphatic carbocycles. The minimum Gasteiger partial charge on any atom is -0.460 e. The van der Waals surface area contributed by atoms with Gasteiger partial charge in [0.05, 0.1) is 5.92 Å². The van der Waals surface area contributed by atoms with Crippen LogP contribution >= 0.6 is 23.2 Å². The van der Waals surface area contributed by atoms with Crippen LogP contribution in [0.3, 0.4) is 0 Å². The van der Waals surface area contributed by atoms with Crippen molar-refractivity contribution >= 4 is 29.2 Å². The quantitative estimate of drug-likeness (QED) is 0.707. The maximum absolute atomic E-state index is 11.9. The molecule has 0 amide bonds. The van der Waals surface area contributed by atoms with Crippen molar-refractivity contribution < 1.29 is 9.53 Å². The topological polar surface area (TPSA) is 26.3 Å². The maximum atomic E-state index is 11.9. The van der Waals surface area contributed by atoms with E-state index in [2.05, 4.69) is 0 Å². The van der Waals surface area contributed by atoms with E-state index in [-0.39, 0.29) is 27.7 Å². The summed E-state index contributed by atoms with van der Waals surface area (Å²) in [6.45, 7) is 9.61. The van der Waals surface area contributed by atoms with Crippen molar-refractivity contribution in [3.63, 3.8) is 0 Å². The van der Waals surface area contributed by atoms with Crippen LogP contribution in [0.2, 0.25) is 0 Å². The van der Waals surface area contributed by atoms with Crippen molar-refractivity contribution in [1.29, 1.82) is 0 Å². The third-order valence-corrected chi connectivity index (χ3v) is 3.13. The van der Waals surface area contributed by atoms with Crippen LogP contribution in [0.25, 0.3) is 0 Å². The lowest BCUT2D eigenvalue weighted by Gasteiger charge is -2.19. The van der Waals surface area contributed by atoms with Gasteiger partial charge in [-0.05, 0) is 38.2 Å². The molecule has 0 bridgehead atoms. The SMILES string of the molecule is CC(C)(C)OC(=O)[C@H]1[C@@H](C=C(Cl)Cl)C1(C)C. The molecule has 1 aliphatic rings. The van der Waals surface area contributed by atoms with E-state index < -0.39 is 5.60 Å². The standard InChI is InChI=1S/C12H18Cl2O2/c1-11(2,3)16-10(15)9-7(6-8(13)14)12(9,4)5/h6-7,9H,1-5H3/t7-,9-/m1/s1. The van der Waals surface area contributed by atoms with Crippen LogP contribution in [0.5, 0.6) is 0 Å². The van der Waals surface area contributed by atoms with Crippen molar-refractivity contribution in [1.82, 2.24) is 0 Å². The Labute approximate surface area is 107 Å². The van der Waals surface area contributed by atoms with Crippen molar-refractivity contribution in [3.05, 3.63) is 10.6 Å². The van der Waals surface area contributed by atoms with Crippen LogP contribution in [-0.2, 0) is 9.53 Å². The third kappa shape index (κ3) is 3.14. The molecule has 2 nitrogen and oxygen atoms in total. The summed E-state index contributed by atoms with van der Waals surface area (Å²) in [5, 5.41) is 0. The number of hydrogen-bond donors (Lipinski definition) is 0. The van der Waals surface area contributed by atoms with Crippen LogP contribution < -0.4 is 0 Å². The highest BCUT2D eigenvalue weighted by atomic mass is 35.5. The van der Waals surface area contributed by atoms with Crippen molar-refractivity contribution in [2.24, 2.45) is 17.3 Å². The lowest BCUT2D eigenvalue weighted by Crippen LogP contribution is -2.26. The van der Waals surface area contributed by atoms with Gasteiger partial charge in [-0.1, -0.05) is 37.0 Å². The fourth-order valence-corrected chi connectivity index (χ4v) is 2.21. The monoisotopic (exact) mass is 264 g/mol. The van der Waals surface area contributed by atoms with Gasteiger partial charge >= 0.3 is 5.97 Å². The minimum atomic E-state index is -0.450. The van der Waals surface area contributed by atoms with E-state index in [0.717, 1.165) is 0 Å². The summed E-state index contributed by atoms with van der Waals surface area (Å²) in [6, 6.07) is 0. The molecule has 0 N–H and O–H groups in total. The molecule has 1 saturated carbocycles. The van der Waals surface area contributed by atoms with Gasteiger partial charge < -0.3 is 4.74 Å². The summed E-state index contributed by atoms with van der Waals surface area (Å²) >= 11 is 11.2. The van der Waals surface area contributed by atoms with E-state index in [0.29, 0.717) is 0 Å². The Hall–Kier alpha value is -0.210. The molecule has 0 saturated heterocycles. The lowest BCUT2D eigenvalue weighted by atomic mass is 10.1. The van der Waals surface area contributed by atoms with Gasteiger partial charge in [0.2, 0.25) is 0 Å². The Morgan fingerprint density at radius 3 is 2.19 bits per heavy atom. The number of esters is 1. The smallest absolute Gasteiger partial charge is 0.310 e. The summed E-state index contributed by atoms with van der Waals surface area (Å²) in [4.78, 5) is 11.9. The summed E-state index contributed by atoms with van der Waals surface area (Å²) in [7, 11) is 0. The zero-order chi connectivity index (χ0) is 12.7. The van der Waals surface area contributed by atoms with E-state index in [4.69, 9.17) is 27.9 Å². The fraction of sp³-hybridized carbons (Fsp3) is 0.750. The zero-order valence-corrected chi connectivity index (χ0v) is 11.8. The average molecular weight is 265 g/mol. The average Bonchev–Trinajstić information content (AvgIpc) is 2.47. The molecule has 0 aliphatic heterocycles. The Balaban J connectivity index is 2.70. The van der Waals surface area contributed by atoms with Gasteiger partial charge in [0, 0.05) is 0 Å². The maximum Gasteiger partial charge on any atom is 0.310 e. The molecule has 1 fully saturated rings. The molecular formula is C12H18Cl2O2. The largest absolute Gasteiger partial charge is 0.460 e. The van der Waals surface area contributed by atoms with Gasteiger partial charge in [-0.15, -0.1) is 0 Å². The molecule has 0 aromatic rings. The number of allylic oxidation sites excluding steroid dienone is 1. The molecule has 1 rings (SSSR count). The summed E-state index contributed by atoms with van der Waals surface area (Å²) in [6.07, 6.45) is 1.72. The molecule has 0 radical (unpaired) electrons. The molecule has 0 spiro atoms. The summed E-state index contributed by atoms with van der Waals surface area (Å²) < 4.78 is 5.57. The highest BCUT2D eigenvalue weighted by Crippen LogP contribution is 2.60. The second kappa shape index (κ2) is 4.23. The molecule has 92 valence electrons. The number of carbonyl (C=O) groups excluding carboxylic acids is 1. The first-order valence-electron chi connectivity index (χ1n) is 5.31. The molecule has 0 heterocycles. The van der Waals surface area contributed by atoms with Crippen LogP contribution in [0.1, 0.15) is 34.6 Å². The van der Waals surface area contributed by atoms with Crippen LogP contribution in [0.15, 0.2) is 10.6 Å². The van der Waals surface area contributed by atoms with Gasteiger partial charge in [-0.2, -0.15) is 0 Å². The first kappa shape index (κ1) is 13.9. The van der Waals surface area contributed by atoms with Crippen LogP contribution in [0, 0.1) is 17.3 Å². The first-order chi connectivity index (χ1) is 7.05. The predicted octanol–water partition coefficient (Wildman–Crippen LogP) is 3.92. The Bertz CT molecular complexity index is 322. The van der Waals surface area contributed by atoms with Gasteiger partial charge in [0.25, 0.3) is 0 Å². The second-order valence-electron chi connectivity index (χ2n) is 5.81. The second-order valence-corrected chi connectivity index (χ2v) is 6.82. The molecule has 4 heteroatoms. The van der Waals surface area contributed by atoms with E-state index in [1.807, 2.05) is 34.6 Å². The number of carbonyl (C=O) groups is 1. The summed E-state index contributed by atoms with van der Waals surface area (Å²) in [5.74, 6) is -0.236. The van der Waals surface area contributed by atoms with E-state index in [9.17, 15) is 4.79 Å². The molecule has 0 unspecified atom stereocenters. The predicted molar refractivity (Wildman–Crippen MR) is 66.4 cm³/mol. The van der Waals surface area contributed by atoms with Gasteiger partial charge in [0.1, 0.15) is 10.1 Å². The van der Waals surface area contributed by atoms with E-state index in [1.165, 1.54) is 0 Å². The number of ether oxygens (including phenoxy) is 1. The normalized spacial score (nSPS) is 27.2. The zero-order valence-electron chi connectivity index (χ0n) is 10.3. The number of hydrogen-bond acceptors (Lipinski definition) is 2. The number of rotatable bonds is 2.